The van der Waals surface area contributed by atoms with E-state index in [0.717, 1.165) is 19.3 Å². The van der Waals surface area contributed by atoms with E-state index in [9.17, 15) is 4.79 Å². The van der Waals surface area contributed by atoms with E-state index in [2.05, 4.69) is 12.2 Å². The third kappa shape index (κ3) is 5.46. The molecule has 1 amide bonds. The van der Waals surface area contributed by atoms with Gasteiger partial charge in [-0.15, -0.1) is 11.6 Å². The number of nitrogens with one attached hydrogen (secondary N) is 1. The summed E-state index contributed by atoms with van der Waals surface area (Å²) in [6.07, 6.45) is 3.05. The Kier molecular flexibility index (Phi) is 7.98. The maximum Gasteiger partial charge on any atom is 0.255 e. The molecule has 1 aromatic rings. The molecule has 0 heterocycles. The van der Waals surface area contributed by atoms with Crippen LogP contribution in [0.25, 0.3) is 0 Å². The van der Waals surface area contributed by atoms with Gasteiger partial charge in [-0.2, -0.15) is 0 Å². The maximum absolute atomic E-state index is 12.3. The zero-order valence-corrected chi connectivity index (χ0v) is 13.7. The molecule has 4 nitrogen and oxygen atoms in total. The Morgan fingerprint density at radius 1 is 1.29 bits per heavy atom. The van der Waals surface area contributed by atoms with Gasteiger partial charge in [0.05, 0.1) is 19.8 Å². The lowest BCUT2D eigenvalue weighted by Crippen LogP contribution is -2.29. The van der Waals surface area contributed by atoms with Crippen LogP contribution in [-0.4, -0.2) is 32.6 Å². The Labute approximate surface area is 131 Å². The van der Waals surface area contributed by atoms with E-state index in [0.29, 0.717) is 35.4 Å². The summed E-state index contributed by atoms with van der Waals surface area (Å²) in [6, 6.07) is 5.18. The predicted octanol–water partition coefficient (Wildman–Crippen LogP) is 3.48. The Hall–Kier alpha value is -1.42. The SMILES string of the molecule is CCCC(CCCl)CNC(=O)c1cc(OC)ccc1OC. The number of halogens is 1. The van der Waals surface area contributed by atoms with Crippen LogP contribution in [-0.2, 0) is 0 Å². The molecule has 21 heavy (non-hydrogen) atoms. The molecule has 1 unspecified atom stereocenters. The monoisotopic (exact) mass is 313 g/mol. The molecule has 0 aliphatic carbocycles. The summed E-state index contributed by atoms with van der Waals surface area (Å²) >= 11 is 5.80. The van der Waals surface area contributed by atoms with Gasteiger partial charge in [-0.25, -0.2) is 0 Å². The summed E-state index contributed by atoms with van der Waals surface area (Å²) in [6.45, 7) is 2.76. The van der Waals surface area contributed by atoms with Gasteiger partial charge in [-0.05, 0) is 37.0 Å². The lowest BCUT2D eigenvalue weighted by atomic mass is 10.0. The van der Waals surface area contributed by atoms with Crippen molar-refractivity contribution in [3.8, 4) is 11.5 Å². The van der Waals surface area contributed by atoms with Gasteiger partial charge >= 0.3 is 0 Å². The predicted molar refractivity (Wildman–Crippen MR) is 85.6 cm³/mol. The molecule has 0 aromatic heterocycles. The van der Waals surface area contributed by atoms with Crippen molar-refractivity contribution in [1.82, 2.24) is 5.32 Å². The number of alkyl halides is 1. The number of benzene rings is 1. The van der Waals surface area contributed by atoms with E-state index >= 15 is 0 Å². The number of hydrogen-bond donors (Lipinski definition) is 1. The minimum absolute atomic E-state index is 0.151. The third-order valence-electron chi connectivity index (χ3n) is 3.42. The van der Waals surface area contributed by atoms with Gasteiger partial charge in [0.2, 0.25) is 0 Å². The molecule has 0 saturated heterocycles. The highest BCUT2D eigenvalue weighted by molar-refractivity contribution is 6.17. The molecule has 1 rings (SSSR count). The second kappa shape index (κ2) is 9.50. The highest BCUT2D eigenvalue weighted by Crippen LogP contribution is 2.24. The lowest BCUT2D eigenvalue weighted by molar-refractivity contribution is 0.0942. The average Bonchev–Trinajstić information content (AvgIpc) is 2.52. The summed E-state index contributed by atoms with van der Waals surface area (Å²) in [5.41, 5.74) is 0.484. The van der Waals surface area contributed by atoms with Gasteiger partial charge < -0.3 is 14.8 Å². The van der Waals surface area contributed by atoms with Gasteiger partial charge in [-0.1, -0.05) is 13.3 Å². The van der Waals surface area contributed by atoms with E-state index < -0.39 is 0 Å². The first-order valence-corrected chi connectivity index (χ1v) is 7.75. The fourth-order valence-corrected chi connectivity index (χ4v) is 2.54. The first-order valence-electron chi connectivity index (χ1n) is 7.22. The third-order valence-corrected chi connectivity index (χ3v) is 3.64. The van der Waals surface area contributed by atoms with Crippen molar-refractivity contribution in [2.75, 3.05) is 26.6 Å². The molecule has 118 valence electrons. The normalized spacial score (nSPS) is 11.8. The number of rotatable bonds is 9. The van der Waals surface area contributed by atoms with Crippen molar-refractivity contribution in [1.29, 1.82) is 0 Å². The van der Waals surface area contributed by atoms with Gasteiger partial charge in [-0.3, -0.25) is 4.79 Å². The first kappa shape index (κ1) is 17.6. The van der Waals surface area contributed by atoms with Crippen LogP contribution in [0.3, 0.4) is 0 Å². The quantitative estimate of drug-likeness (QED) is 0.710. The molecule has 1 atom stereocenters. The van der Waals surface area contributed by atoms with Crippen molar-refractivity contribution < 1.29 is 14.3 Å². The van der Waals surface area contributed by atoms with E-state index in [-0.39, 0.29) is 5.91 Å². The topological polar surface area (TPSA) is 47.6 Å². The van der Waals surface area contributed by atoms with Crippen molar-refractivity contribution in [3.63, 3.8) is 0 Å². The van der Waals surface area contributed by atoms with Crippen LogP contribution in [0.2, 0.25) is 0 Å². The summed E-state index contributed by atoms with van der Waals surface area (Å²) < 4.78 is 10.4. The summed E-state index contributed by atoms with van der Waals surface area (Å²) in [5, 5.41) is 2.96. The van der Waals surface area contributed by atoms with Crippen LogP contribution in [0, 0.1) is 5.92 Å². The first-order chi connectivity index (χ1) is 10.2. The van der Waals surface area contributed by atoms with E-state index in [1.54, 1.807) is 32.4 Å². The molecule has 0 aliphatic rings. The molecular formula is C16H24ClNO3. The largest absolute Gasteiger partial charge is 0.497 e. The number of hydrogen-bond acceptors (Lipinski definition) is 3. The molecule has 0 saturated carbocycles. The fraction of sp³-hybridized carbons (Fsp3) is 0.562. The summed E-state index contributed by atoms with van der Waals surface area (Å²) in [4.78, 5) is 12.3. The molecule has 0 radical (unpaired) electrons. The van der Waals surface area contributed by atoms with E-state index in [1.807, 2.05) is 0 Å². The number of carbonyl (C=O) groups is 1. The molecular weight excluding hydrogens is 290 g/mol. The number of methoxy groups -OCH3 is 2. The van der Waals surface area contributed by atoms with Gasteiger partial charge in [0.25, 0.3) is 5.91 Å². The molecule has 0 bridgehead atoms. The van der Waals surface area contributed by atoms with Crippen molar-refractivity contribution in [2.45, 2.75) is 26.2 Å². The molecule has 0 fully saturated rings. The lowest BCUT2D eigenvalue weighted by Gasteiger charge is -2.16. The van der Waals surface area contributed by atoms with Crippen LogP contribution in [0.15, 0.2) is 18.2 Å². The van der Waals surface area contributed by atoms with Crippen LogP contribution in [0.1, 0.15) is 36.5 Å². The smallest absolute Gasteiger partial charge is 0.255 e. The molecule has 0 spiro atoms. The van der Waals surface area contributed by atoms with Crippen molar-refractivity contribution >= 4 is 17.5 Å². The van der Waals surface area contributed by atoms with E-state index in [4.69, 9.17) is 21.1 Å². The number of amides is 1. The van der Waals surface area contributed by atoms with Crippen molar-refractivity contribution in [2.24, 2.45) is 5.92 Å². The van der Waals surface area contributed by atoms with Crippen LogP contribution >= 0.6 is 11.6 Å². The molecule has 1 aromatic carbocycles. The Morgan fingerprint density at radius 2 is 2.05 bits per heavy atom. The highest BCUT2D eigenvalue weighted by Gasteiger charge is 2.15. The Balaban J connectivity index is 2.73. The van der Waals surface area contributed by atoms with Gasteiger partial charge in [0.15, 0.2) is 0 Å². The second-order valence-corrected chi connectivity index (χ2v) is 5.29. The molecule has 1 N–H and O–H groups in total. The standard InChI is InChI=1S/C16H24ClNO3/c1-4-5-12(8-9-17)11-18-16(19)14-10-13(20-2)6-7-15(14)21-3/h6-7,10,12H,4-5,8-9,11H2,1-3H3,(H,18,19). The highest BCUT2D eigenvalue weighted by atomic mass is 35.5. The zero-order valence-electron chi connectivity index (χ0n) is 12.9. The van der Waals surface area contributed by atoms with Crippen LogP contribution < -0.4 is 14.8 Å². The maximum atomic E-state index is 12.3. The average molecular weight is 314 g/mol. The summed E-state index contributed by atoms with van der Waals surface area (Å²) in [5.74, 6) is 2.04. The zero-order chi connectivity index (χ0) is 15.7. The van der Waals surface area contributed by atoms with Crippen molar-refractivity contribution in [3.05, 3.63) is 23.8 Å². The Bertz CT molecular complexity index is 445. The summed E-state index contributed by atoms with van der Waals surface area (Å²) in [7, 11) is 3.12. The number of ether oxygens (including phenoxy) is 2. The number of carbonyl (C=O) groups excluding carboxylic acids is 1. The molecule has 0 aliphatic heterocycles. The van der Waals surface area contributed by atoms with Crippen LogP contribution in [0.5, 0.6) is 11.5 Å². The van der Waals surface area contributed by atoms with Gasteiger partial charge in [0.1, 0.15) is 11.5 Å². The fourth-order valence-electron chi connectivity index (χ4n) is 2.23. The Morgan fingerprint density at radius 3 is 2.62 bits per heavy atom. The minimum Gasteiger partial charge on any atom is -0.497 e. The van der Waals surface area contributed by atoms with E-state index in [1.165, 1.54) is 0 Å². The van der Waals surface area contributed by atoms with Gasteiger partial charge in [0, 0.05) is 12.4 Å². The van der Waals surface area contributed by atoms with Crippen LogP contribution in [0.4, 0.5) is 0 Å². The minimum atomic E-state index is -0.151. The molecule has 5 heteroatoms. The second-order valence-electron chi connectivity index (χ2n) is 4.91.